The molecule has 0 aromatic rings. The molecule has 1 spiro atoms. The predicted octanol–water partition coefficient (Wildman–Crippen LogP) is 3.59. The Kier molecular flexibility index (Phi) is 1.98. The maximum atomic E-state index is 11.3. The van der Waals surface area contributed by atoms with E-state index in [4.69, 9.17) is 0 Å². The van der Waals surface area contributed by atoms with Crippen LogP contribution >= 0.6 is 0 Å². The lowest BCUT2D eigenvalue weighted by Crippen LogP contribution is -2.41. The summed E-state index contributed by atoms with van der Waals surface area (Å²) < 4.78 is 0. The van der Waals surface area contributed by atoms with Gasteiger partial charge in [-0.25, -0.2) is 0 Å². The monoisotopic (exact) mass is 218 g/mol. The lowest BCUT2D eigenvalue weighted by Gasteiger charge is -2.48. The van der Waals surface area contributed by atoms with Crippen LogP contribution in [0.3, 0.4) is 0 Å². The van der Waals surface area contributed by atoms with Crippen molar-refractivity contribution in [2.75, 3.05) is 0 Å². The molecule has 0 amide bonds. The topological polar surface area (TPSA) is 17.1 Å². The van der Waals surface area contributed by atoms with Gasteiger partial charge in [-0.2, -0.15) is 0 Å². The fourth-order valence-electron chi connectivity index (χ4n) is 4.99. The van der Waals surface area contributed by atoms with Crippen molar-refractivity contribution in [2.45, 2.75) is 46.0 Å². The van der Waals surface area contributed by atoms with Crippen LogP contribution in [-0.2, 0) is 4.79 Å². The first-order valence-corrected chi connectivity index (χ1v) is 6.67. The van der Waals surface area contributed by atoms with E-state index in [1.54, 1.807) is 0 Å². The smallest absolute Gasteiger partial charge is 0.123 e. The fourth-order valence-corrected chi connectivity index (χ4v) is 4.99. The van der Waals surface area contributed by atoms with Gasteiger partial charge in [0, 0.05) is 5.92 Å². The minimum Gasteiger partial charge on any atom is -0.303 e. The van der Waals surface area contributed by atoms with Gasteiger partial charge in [-0.15, -0.1) is 0 Å². The van der Waals surface area contributed by atoms with E-state index in [1.807, 2.05) is 0 Å². The number of hydrogen-bond donors (Lipinski definition) is 0. The summed E-state index contributed by atoms with van der Waals surface area (Å²) in [5.41, 5.74) is 2.09. The summed E-state index contributed by atoms with van der Waals surface area (Å²) in [4.78, 5) is 11.3. The average Bonchev–Trinajstić information content (AvgIpc) is 2.81. The maximum Gasteiger partial charge on any atom is 0.123 e. The fraction of sp³-hybridized carbons (Fsp3) is 0.800. The average molecular weight is 218 g/mol. The van der Waals surface area contributed by atoms with E-state index in [0.29, 0.717) is 22.7 Å². The Morgan fingerprint density at radius 3 is 2.75 bits per heavy atom. The molecular weight excluding hydrogens is 196 g/mol. The Labute approximate surface area is 98.3 Å². The summed E-state index contributed by atoms with van der Waals surface area (Å²) in [6.45, 7) is 9.13. The maximum absolute atomic E-state index is 11.3. The first kappa shape index (κ1) is 10.6. The van der Waals surface area contributed by atoms with Crippen LogP contribution in [0.5, 0.6) is 0 Å². The van der Waals surface area contributed by atoms with E-state index in [2.05, 4.69) is 20.4 Å². The Bertz CT molecular complexity index is 354. The molecule has 3 aliphatic rings. The van der Waals surface area contributed by atoms with Gasteiger partial charge in [-0.3, -0.25) is 0 Å². The molecule has 0 unspecified atom stereocenters. The van der Waals surface area contributed by atoms with Crippen LogP contribution in [0.2, 0.25) is 0 Å². The largest absolute Gasteiger partial charge is 0.303 e. The van der Waals surface area contributed by atoms with Gasteiger partial charge in [0.25, 0.3) is 0 Å². The number of hydrogen-bond acceptors (Lipinski definition) is 1. The molecule has 2 bridgehead atoms. The van der Waals surface area contributed by atoms with Crippen LogP contribution in [0.4, 0.5) is 0 Å². The van der Waals surface area contributed by atoms with E-state index in [0.717, 1.165) is 12.3 Å². The molecular formula is C15H22O. The standard InChI is InChI=1S/C15H22O/c1-10-13-5-4-12(9-16)15(13)7-6-11(8-15)14(10,2)3/h9,11-13H,1,4-8H2,2-3H3/t11-,12-,13-,15+/m1/s1. The highest BCUT2D eigenvalue weighted by Gasteiger charge is 2.61. The number of rotatable bonds is 1. The number of aldehydes is 1. The van der Waals surface area contributed by atoms with Crippen molar-refractivity contribution in [1.29, 1.82) is 0 Å². The molecule has 0 heterocycles. The molecule has 0 aliphatic heterocycles. The summed E-state index contributed by atoms with van der Waals surface area (Å²) >= 11 is 0. The minimum absolute atomic E-state index is 0.308. The first-order valence-electron chi connectivity index (χ1n) is 6.67. The SMILES string of the molecule is C=C1[C@H]2CC[C@H](C=O)[C@@]23CC[C@H](C3)C1(C)C. The third kappa shape index (κ3) is 1.00. The molecule has 4 atom stereocenters. The summed E-state index contributed by atoms with van der Waals surface area (Å²) in [5, 5.41) is 0. The van der Waals surface area contributed by atoms with Gasteiger partial charge >= 0.3 is 0 Å². The van der Waals surface area contributed by atoms with Crippen molar-refractivity contribution in [3.8, 4) is 0 Å². The third-order valence-corrected chi connectivity index (χ3v) is 6.22. The lowest BCUT2D eigenvalue weighted by atomic mass is 9.56. The van der Waals surface area contributed by atoms with E-state index < -0.39 is 0 Å². The highest BCUT2D eigenvalue weighted by Crippen LogP contribution is 2.69. The lowest BCUT2D eigenvalue weighted by molar-refractivity contribution is -0.114. The van der Waals surface area contributed by atoms with Crippen LogP contribution in [0.1, 0.15) is 46.0 Å². The normalized spacial score (nSPS) is 49.1. The van der Waals surface area contributed by atoms with Crippen molar-refractivity contribution < 1.29 is 4.79 Å². The van der Waals surface area contributed by atoms with Crippen LogP contribution in [0, 0.1) is 28.6 Å². The molecule has 3 aliphatic carbocycles. The van der Waals surface area contributed by atoms with Crippen LogP contribution in [-0.4, -0.2) is 6.29 Å². The van der Waals surface area contributed by atoms with Gasteiger partial charge in [0.1, 0.15) is 6.29 Å². The number of carbonyl (C=O) groups excluding carboxylic acids is 1. The van der Waals surface area contributed by atoms with Gasteiger partial charge < -0.3 is 4.79 Å². The molecule has 0 aromatic carbocycles. The third-order valence-electron chi connectivity index (χ3n) is 6.22. The van der Waals surface area contributed by atoms with E-state index in [1.165, 1.54) is 37.5 Å². The van der Waals surface area contributed by atoms with E-state index in [9.17, 15) is 4.79 Å². The molecule has 1 nitrogen and oxygen atoms in total. The molecule has 3 saturated carbocycles. The summed E-state index contributed by atoms with van der Waals surface area (Å²) in [6, 6.07) is 0. The molecule has 0 radical (unpaired) electrons. The molecule has 16 heavy (non-hydrogen) atoms. The van der Waals surface area contributed by atoms with Crippen LogP contribution in [0.15, 0.2) is 12.2 Å². The zero-order valence-electron chi connectivity index (χ0n) is 10.5. The highest BCUT2D eigenvalue weighted by atomic mass is 16.1. The van der Waals surface area contributed by atoms with Crippen molar-refractivity contribution in [2.24, 2.45) is 28.6 Å². The van der Waals surface area contributed by atoms with Crippen molar-refractivity contribution >= 4 is 6.29 Å². The Morgan fingerprint density at radius 2 is 2.06 bits per heavy atom. The quantitative estimate of drug-likeness (QED) is 0.485. The molecule has 3 rings (SSSR count). The van der Waals surface area contributed by atoms with Gasteiger partial charge in [0.05, 0.1) is 0 Å². The predicted molar refractivity (Wildman–Crippen MR) is 65.0 cm³/mol. The second-order valence-electron chi connectivity index (χ2n) is 6.79. The second-order valence-corrected chi connectivity index (χ2v) is 6.79. The Balaban J connectivity index is 2.06. The van der Waals surface area contributed by atoms with Crippen LogP contribution < -0.4 is 0 Å². The van der Waals surface area contributed by atoms with Gasteiger partial charge in [-0.05, 0) is 54.8 Å². The summed E-state index contributed by atoms with van der Waals surface area (Å²) in [7, 11) is 0. The van der Waals surface area contributed by atoms with Crippen molar-refractivity contribution in [3.05, 3.63) is 12.2 Å². The molecule has 1 heteroatoms. The minimum atomic E-state index is 0.308. The molecule has 88 valence electrons. The van der Waals surface area contributed by atoms with E-state index in [-0.39, 0.29) is 0 Å². The molecule has 0 aromatic heterocycles. The molecule has 0 N–H and O–H groups in total. The Hall–Kier alpha value is -0.590. The van der Waals surface area contributed by atoms with Gasteiger partial charge in [0.2, 0.25) is 0 Å². The first-order chi connectivity index (χ1) is 7.52. The van der Waals surface area contributed by atoms with Crippen LogP contribution in [0.25, 0.3) is 0 Å². The van der Waals surface area contributed by atoms with E-state index >= 15 is 0 Å². The Morgan fingerprint density at radius 1 is 1.31 bits per heavy atom. The number of carbonyl (C=O) groups is 1. The number of allylic oxidation sites excluding steroid dienone is 1. The highest BCUT2D eigenvalue weighted by molar-refractivity contribution is 5.57. The summed E-state index contributed by atoms with van der Waals surface area (Å²) in [5.74, 6) is 1.74. The zero-order chi connectivity index (χ0) is 11.6. The molecule has 0 saturated heterocycles. The van der Waals surface area contributed by atoms with Crippen molar-refractivity contribution in [1.82, 2.24) is 0 Å². The zero-order valence-corrected chi connectivity index (χ0v) is 10.5. The molecule has 3 fully saturated rings. The second kappa shape index (κ2) is 3.00. The van der Waals surface area contributed by atoms with Gasteiger partial charge in [-0.1, -0.05) is 26.0 Å². The van der Waals surface area contributed by atoms with Gasteiger partial charge in [0.15, 0.2) is 0 Å². The number of fused-ring (bicyclic) bond motifs is 1. The van der Waals surface area contributed by atoms with Crippen molar-refractivity contribution in [3.63, 3.8) is 0 Å². The summed E-state index contributed by atoms with van der Waals surface area (Å²) in [6.07, 6.45) is 7.43.